The van der Waals surface area contributed by atoms with Crippen LogP contribution in [0.5, 0.6) is 28.7 Å². The second-order valence-corrected chi connectivity index (χ2v) is 6.27. The first-order chi connectivity index (χ1) is 14.8. The van der Waals surface area contributed by atoms with Crippen LogP contribution in [0.3, 0.4) is 0 Å². The highest BCUT2D eigenvalue weighted by atomic mass is 16.5. The van der Waals surface area contributed by atoms with E-state index in [0.717, 1.165) is 4.90 Å². The lowest BCUT2D eigenvalue weighted by atomic mass is 10.1. The second-order valence-electron chi connectivity index (χ2n) is 6.27. The summed E-state index contributed by atoms with van der Waals surface area (Å²) < 4.78 is 20.6. The number of rotatable bonds is 6. The van der Waals surface area contributed by atoms with Crippen molar-refractivity contribution in [3.8, 4) is 28.7 Å². The molecule has 0 unspecified atom stereocenters. The molecule has 0 atom stereocenters. The number of anilines is 1. The molecule has 1 aliphatic rings. The van der Waals surface area contributed by atoms with Gasteiger partial charge in [0.2, 0.25) is 5.75 Å². The molecule has 0 saturated carbocycles. The normalized spacial score (nSPS) is 15.0. The first kappa shape index (κ1) is 21.5. The van der Waals surface area contributed by atoms with Gasteiger partial charge in [-0.1, -0.05) is 0 Å². The van der Waals surface area contributed by atoms with Crippen LogP contribution in [0.2, 0.25) is 0 Å². The van der Waals surface area contributed by atoms with Crippen LogP contribution in [0.15, 0.2) is 35.9 Å². The Bertz CT molecular complexity index is 1070. The number of carbonyl (C=O) groups is 3. The summed E-state index contributed by atoms with van der Waals surface area (Å²) in [6.45, 7) is 0. The minimum atomic E-state index is -0.931. The second kappa shape index (κ2) is 8.66. The third kappa shape index (κ3) is 3.95. The number of nitrogens with one attached hydrogen (secondary N) is 1. The molecule has 0 aliphatic carbocycles. The lowest BCUT2D eigenvalue weighted by molar-refractivity contribution is -0.122. The maximum Gasteiger partial charge on any atom is 0.336 e. The minimum Gasteiger partial charge on any atom is -0.502 e. The number of carbonyl (C=O) groups excluding carboxylic acids is 3. The molecule has 1 heterocycles. The highest BCUT2D eigenvalue weighted by Gasteiger charge is 2.38. The number of aromatic hydroxyl groups is 1. The summed E-state index contributed by atoms with van der Waals surface area (Å²) in [6.07, 6.45) is 1.26. The van der Waals surface area contributed by atoms with E-state index in [1.54, 1.807) is 6.07 Å². The zero-order valence-corrected chi connectivity index (χ0v) is 17.2. The molecular formula is C21H20N2O8. The van der Waals surface area contributed by atoms with E-state index in [0.29, 0.717) is 11.3 Å². The summed E-state index contributed by atoms with van der Waals surface area (Å²) in [4.78, 5) is 38.9. The van der Waals surface area contributed by atoms with E-state index in [4.69, 9.17) is 18.9 Å². The van der Waals surface area contributed by atoms with E-state index in [2.05, 4.69) is 5.32 Å². The van der Waals surface area contributed by atoms with Crippen LogP contribution in [-0.2, 0) is 9.59 Å². The number of phenols is 1. The third-order valence-corrected chi connectivity index (χ3v) is 4.54. The van der Waals surface area contributed by atoms with Gasteiger partial charge in [-0.2, -0.15) is 0 Å². The Morgan fingerprint density at radius 1 is 0.871 bits per heavy atom. The monoisotopic (exact) mass is 428 g/mol. The molecule has 0 bridgehead atoms. The summed E-state index contributed by atoms with van der Waals surface area (Å²) in [5.41, 5.74) is 0.111. The van der Waals surface area contributed by atoms with Crippen molar-refractivity contribution >= 4 is 29.6 Å². The molecule has 2 N–H and O–H groups in total. The maximum atomic E-state index is 13.2. The third-order valence-electron chi connectivity index (χ3n) is 4.54. The lowest BCUT2D eigenvalue weighted by Crippen LogP contribution is -2.54. The van der Waals surface area contributed by atoms with Gasteiger partial charge in [-0.15, -0.1) is 0 Å². The average Bonchev–Trinajstić information content (AvgIpc) is 2.77. The van der Waals surface area contributed by atoms with Gasteiger partial charge in [0.1, 0.15) is 17.1 Å². The van der Waals surface area contributed by atoms with Crippen LogP contribution in [0.1, 0.15) is 5.56 Å². The van der Waals surface area contributed by atoms with Gasteiger partial charge in [-0.3, -0.25) is 14.9 Å². The number of ether oxygens (including phenoxy) is 4. The molecular weight excluding hydrogens is 408 g/mol. The van der Waals surface area contributed by atoms with E-state index < -0.39 is 17.8 Å². The fourth-order valence-electron chi connectivity index (χ4n) is 3.01. The number of hydrogen-bond acceptors (Lipinski definition) is 8. The molecule has 0 aromatic heterocycles. The Morgan fingerprint density at radius 2 is 1.48 bits per heavy atom. The molecule has 10 heteroatoms. The number of imide groups is 2. The molecule has 0 radical (unpaired) electrons. The number of hydrogen-bond donors (Lipinski definition) is 2. The fourth-order valence-corrected chi connectivity index (χ4v) is 3.01. The van der Waals surface area contributed by atoms with Crippen LogP contribution in [0, 0.1) is 0 Å². The van der Waals surface area contributed by atoms with Crippen molar-refractivity contribution in [2.45, 2.75) is 0 Å². The number of urea groups is 1. The minimum absolute atomic E-state index is 0.0808. The van der Waals surface area contributed by atoms with E-state index in [1.165, 1.54) is 58.8 Å². The standard InChI is InChI=1S/C21H20N2O8/c1-28-12-5-6-15(29-2)14(10-12)23-20(26)13(19(25)22-21(23)27)7-11-8-16(30-3)18(24)17(9-11)31-4/h5-10,24H,1-4H3,(H,22,25,27)/b13-7+. The summed E-state index contributed by atoms with van der Waals surface area (Å²) >= 11 is 0. The van der Waals surface area contributed by atoms with Crippen molar-refractivity contribution < 1.29 is 38.4 Å². The van der Waals surface area contributed by atoms with E-state index in [9.17, 15) is 19.5 Å². The van der Waals surface area contributed by atoms with Gasteiger partial charge in [0, 0.05) is 6.07 Å². The molecule has 162 valence electrons. The summed E-state index contributed by atoms with van der Waals surface area (Å²) in [7, 11) is 5.51. The number of methoxy groups -OCH3 is 4. The van der Waals surface area contributed by atoms with E-state index in [-0.39, 0.29) is 34.3 Å². The van der Waals surface area contributed by atoms with Crippen molar-refractivity contribution in [1.82, 2.24) is 5.32 Å². The molecule has 31 heavy (non-hydrogen) atoms. The number of benzene rings is 2. The first-order valence-corrected chi connectivity index (χ1v) is 8.93. The predicted octanol–water partition coefficient (Wildman–Crippen LogP) is 2.09. The van der Waals surface area contributed by atoms with Crippen molar-refractivity contribution in [2.24, 2.45) is 0 Å². The smallest absolute Gasteiger partial charge is 0.336 e. The van der Waals surface area contributed by atoms with Gasteiger partial charge in [0.05, 0.1) is 34.1 Å². The highest BCUT2D eigenvalue weighted by molar-refractivity contribution is 6.39. The molecule has 4 amide bonds. The number of nitrogens with zero attached hydrogens (tertiary/aromatic N) is 1. The van der Waals surface area contributed by atoms with Gasteiger partial charge in [0.15, 0.2) is 11.5 Å². The molecule has 10 nitrogen and oxygen atoms in total. The first-order valence-electron chi connectivity index (χ1n) is 8.93. The SMILES string of the molecule is COc1ccc(OC)c(N2C(=O)NC(=O)/C(=C\c3cc(OC)c(O)c(OC)c3)C2=O)c1. The topological polar surface area (TPSA) is 124 Å². The van der Waals surface area contributed by atoms with Crippen LogP contribution in [-0.4, -0.2) is 51.4 Å². The van der Waals surface area contributed by atoms with Gasteiger partial charge >= 0.3 is 6.03 Å². The van der Waals surface area contributed by atoms with Crippen molar-refractivity contribution in [1.29, 1.82) is 0 Å². The highest BCUT2D eigenvalue weighted by Crippen LogP contribution is 2.38. The Labute approximate surface area is 177 Å². The Morgan fingerprint density at radius 3 is 2.03 bits per heavy atom. The van der Waals surface area contributed by atoms with Gasteiger partial charge in [-0.25, -0.2) is 9.69 Å². The quantitative estimate of drug-likeness (QED) is 0.530. The van der Waals surface area contributed by atoms with Crippen LogP contribution in [0.25, 0.3) is 6.08 Å². The molecule has 1 fully saturated rings. The summed E-state index contributed by atoms with van der Waals surface area (Å²) in [6, 6.07) is 6.47. The summed E-state index contributed by atoms with van der Waals surface area (Å²) in [5, 5.41) is 12.2. The zero-order valence-electron chi connectivity index (χ0n) is 17.2. The van der Waals surface area contributed by atoms with Gasteiger partial charge < -0.3 is 24.1 Å². The van der Waals surface area contributed by atoms with Crippen molar-refractivity contribution in [3.63, 3.8) is 0 Å². The maximum absolute atomic E-state index is 13.2. The molecule has 1 aliphatic heterocycles. The Kier molecular flexibility index (Phi) is 6.00. The van der Waals surface area contributed by atoms with Crippen molar-refractivity contribution in [2.75, 3.05) is 33.3 Å². The summed E-state index contributed by atoms with van der Waals surface area (Å²) in [5.74, 6) is -1.21. The number of phenolic OH excluding ortho intramolecular Hbond substituents is 1. The Hall–Kier alpha value is -4.21. The molecule has 1 saturated heterocycles. The average molecular weight is 428 g/mol. The van der Waals surface area contributed by atoms with Crippen LogP contribution in [0.4, 0.5) is 10.5 Å². The predicted molar refractivity (Wildman–Crippen MR) is 110 cm³/mol. The number of amides is 4. The Balaban J connectivity index is 2.11. The van der Waals surface area contributed by atoms with E-state index in [1.807, 2.05) is 0 Å². The molecule has 0 spiro atoms. The fraction of sp³-hybridized carbons (Fsp3) is 0.190. The lowest BCUT2D eigenvalue weighted by Gasteiger charge is -2.27. The molecule has 2 aromatic rings. The largest absolute Gasteiger partial charge is 0.502 e. The van der Waals surface area contributed by atoms with Crippen LogP contribution >= 0.6 is 0 Å². The van der Waals surface area contributed by atoms with Crippen LogP contribution < -0.4 is 29.2 Å². The van der Waals surface area contributed by atoms with Crippen molar-refractivity contribution in [3.05, 3.63) is 41.5 Å². The van der Waals surface area contributed by atoms with Gasteiger partial charge in [-0.05, 0) is 35.9 Å². The molecule has 2 aromatic carbocycles. The van der Waals surface area contributed by atoms with E-state index >= 15 is 0 Å². The van der Waals surface area contributed by atoms with Gasteiger partial charge in [0.25, 0.3) is 11.8 Å². The molecule has 3 rings (SSSR count). The zero-order chi connectivity index (χ0) is 22.7. The number of barbiturate groups is 1.